The number of rotatable bonds is 5. The summed E-state index contributed by atoms with van der Waals surface area (Å²) in [6.07, 6.45) is 2.94. The highest BCUT2D eigenvalue weighted by atomic mass is 79.9. The molecule has 1 N–H and O–H groups in total. The standard InChI is InChI=1S/C13H18BrN/c1-4-6-13(15-5-2)12-8-7-11(14)9-10(12)3/h4,7-9,13,15H,1,5-6H2,2-3H3. The number of hydrogen-bond acceptors (Lipinski definition) is 1. The van der Waals surface area contributed by atoms with Gasteiger partial charge in [0.1, 0.15) is 0 Å². The van der Waals surface area contributed by atoms with Crippen LogP contribution in [0.15, 0.2) is 35.3 Å². The molecule has 0 spiro atoms. The van der Waals surface area contributed by atoms with Crippen LogP contribution in [0.4, 0.5) is 0 Å². The fourth-order valence-electron chi connectivity index (χ4n) is 1.76. The quantitative estimate of drug-likeness (QED) is 0.796. The molecule has 1 rings (SSSR count). The summed E-state index contributed by atoms with van der Waals surface area (Å²) < 4.78 is 1.14. The van der Waals surface area contributed by atoms with Crippen molar-refractivity contribution in [1.82, 2.24) is 5.32 Å². The Morgan fingerprint density at radius 2 is 2.27 bits per heavy atom. The maximum absolute atomic E-state index is 3.81. The summed E-state index contributed by atoms with van der Waals surface area (Å²) >= 11 is 3.48. The Balaban J connectivity index is 2.94. The molecule has 0 aliphatic heterocycles. The largest absolute Gasteiger partial charge is 0.310 e. The molecular formula is C13H18BrN. The molecule has 1 unspecified atom stereocenters. The van der Waals surface area contributed by atoms with E-state index >= 15 is 0 Å². The third kappa shape index (κ3) is 3.47. The van der Waals surface area contributed by atoms with Crippen LogP contribution in [0, 0.1) is 6.92 Å². The first kappa shape index (κ1) is 12.5. The number of nitrogens with one attached hydrogen (secondary N) is 1. The van der Waals surface area contributed by atoms with Crippen LogP contribution in [0.2, 0.25) is 0 Å². The van der Waals surface area contributed by atoms with E-state index in [9.17, 15) is 0 Å². The van der Waals surface area contributed by atoms with Crippen molar-refractivity contribution in [3.05, 3.63) is 46.5 Å². The van der Waals surface area contributed by atoms with Crippen molar-refractivity contribution in [1.29, 1.82) is 0 Å². The molecule has 0 bridgehead atoms. The smallest absolute Gasteiger partial charge is 0.0357 e. The second-order valence-corrected chi connectivity index (χ2v) is 4.55. The monoisotopic (exact) mass is 267 g/mol. The van der Waals surface area contributed by atoms with Crippen LogP contribution in [0.1, 0.15) is 30.5 Å². The van der Waals surface area contributed by atoms with Gasteiger partial charge in [-0.1, -0.05) is 35.0 Å². The van der Waals surface area contributed by atoms with Gasteiger partial charge < -0.3 is 5.32 Å². The Kier molecular flexibility index (Phi) is 5.06. The lowest BCUT2D eigenvalue weighted by Crippen LogP contribution is -2.21. The highest BCUT2D eigenvalue weighted by Gasteiger charge is 2.10. The molecule has 82 valence electrons. The van der Waals surface area contributed by atoms with E-state index in [4.69, 9.17) is 0 Å². The van der Waals surface area contributed by atoms with Gasteiger partial charge >= 0.3 is 0 Å². The van der Waals surface area contributed by atoms with Crippen molar-refractivity contribution in [2.45, 2.75) is 26.3 Å². The first-order chi connectivity index (χ1) is 7.19. The van der Waals surface area contributed by atoms with Crippen molar-refractivity contribution < 1.29 is 0 Å². The molecule has 2 heteroatoms. The molecule has 1 aromatic carbocycles. The molecule has 0 saturated heterocycles. The highest BCUT2D eigenvalue weighted by molar-refractivity contribution is 9.10. The summed E-state index contributed by atoms with van der Waals surface area (Å²) in [5.41, 5.74) is 2.68. The van der Waals surface area contributed by atoms with Crippen molar-refractivity contribution in [2.24, 2.45) is 0 Å². The molecule has 1 aromatic rings. The third-order valence-electron chi connectivity index (χ3n) is 2.46. The highest BCUT2D eigenvalue weighted by Crippen LogP contribution is 2.24. The van der Waals surface area contributed by atoms with E-state index in [0.29, 0.717) is 6.04 Å². The first-order valence-corrected chi connectivity index (χ1v) is 6.08. The lowest BCUT2D eigenvalue weighted by molar-refractivity contribution is 0.556. The molecule has 0 aliphatic carbocycles. The van der Waals surface area contributed by atoms with Gasteiger partial charge in [-0.2, -0.15) is 0 Å². The van der Waals surface area contributed by atoms with Gasteiger partial charge in [-0.05, 0) is 43.1 Å². The minimum absolute atomic E-state index is 0.389. The maximum Gasteiger partial charge on any atom is 0.0357 e. The van der Waals surface area contributed by atoms with Gasteiger partial charge in [0.25, 0.3) is 0 Å². The Bertz CT molecular complexity index is 333. The molecule has 0 aromatic heterocycles. The van der Waals surface area contributed by atoms with E-state index in [1.54, 1.807) is 0 Å². The van der Waals surface area contributed by atoms with Crippen LogP contribution in [-0.2, 0) is 0 Å². The number of benzene rings is 1. The predicted molar refractivity (Wildman–Crippen MR) is 70.1 cm³/mol. The van der Waals surface area contributed by atoms with Gasteiger partial charge in [0, 0.05) is 10.5 Å². The van der Waals surface area contributed by atoms with Crippen molar-refractivity contribution in [2.75, 3.05) is 6.54 Å². The van der Waals surface area contributed by atoms with Gasteiger partial charge in [-0.15, -0.1) is 6.58 Å². The molecule has 0 saturated carbocycles. The van der Waals surface area contributed by atoms with E-state index < -0.39 is 0 Å². The molecule has 0 fully saturated rings. The lowest BCUT2D eigenvalue weighted by Gasteiger charge is -2.19. The predicted octanol–water partition coefficient (Wildman–Crippen LogP) is 3.98. The van der Waals surface area contributed by atoms with Crippen LogP contribution in [0.5, 0.6) is 0 Å². The van der Waals surface area contributed by atoms with E-state index in [1.165, 1.54) is 11.1 Å². The normalized spacial score (nSPS) is 12.5. The molecule has 0 radical (unpaired) electrons. The number of hydrogen-bond donors (Lipinski definition) is 1. The van der Waals surface area contributed by atoms with E-state index in [0.717, 1.165) is 17.4 Å². The Labute approximate surface area is 101 Å². The van der Waals surface area contributed by atoms with Gasteiger partial charge in [-0.3, -0.25) is 0 Å². The first-order valence-electron chi connectivity index (χ1n) is 5.29. The molecule has 0 aliphatic rings. The minimum atomic E-state index is 0.389. The second kappa shape index (κ2) is 6.09. The minimum Gasteiger partial charge on any atom is -0.310 e. The summed E-state index contributed by atoms with van der Waals surface area (Å²) in [6.45, 7) is 9.06. The van der Waals surface area contributed by atoms with E-state index in [-0.39, 0.29) is 0 Å². The third-order valence-corrected chi connectivity index (χ3v) is 2.95. The Hall–Kier alpha value is -0.600. The average Bonchev–Trinajstić information content (AvgIpc) is 2.17. The number of aryl methyl sites for hydroxylation is 1. The summed E-state index contributed by atoms with van der Waals surface area (Å²) in [6, 6.07) is 6.81. The lowest BCUT2D eigenvalue weighted by atomic mass is 9.99. The maximum atomic E-state index is 3.81. The van der Waals surface area contributed by atoms with Gasteiger partial charge in [-0.25, -0.2) is 0 Å². The SMILES string of the molecule is C=CCC(NCC)c1ccc(Br)cc1C. The second-order valence-electron chi connectivity index (χ2n) is 3.64. The van der Waals surface area contributed by atoms with Crippen molar-refractivity contribution in [3.8, 4) is 0 Å². The zero-order valence-electron chi connectivity index (χ0n) is 9.39. The summed E-state index contributed by atoms with van der Waals surface area (Å²) in [4.78, 5) is 0. The van der Waals surface area contributed by atoms with Crippen LogP contribution in [0.25, 0.3) is 0 Å². The Morgan fingerprint density at radius 1 is 1.53 bits per heavy atom. The fourth-order valence-corrected chi connectivity index (χ4v) is 2.24. The molecule has 1 nitrogen and oxygen atoms in total. The number of halogens is 1. The average molecular weight is 268 g/mol. The van der Waals surface area contributed by atoms with Gasteiger partial charge in [0.2, 0.25) is 0 Å². The van der Waals surface area contributed by atoms with E-state index in [2.05, 4.69) is 59.9 Å². The molecule has 15 heavy (non-hydrogen) atoms. The Morgan fingerprint density at radius 3 is 2.80 bits per heavy atom. The fraction of sp³-hybridized carbons (Fsp3) is 0.385. The van der Waals surface area contributed by atoms with Crippen molar-refractivity contribution >= 4 is 15.9 Å². The van der Waals surface area contributed by atoms with Gasteiger partial charge in [0.15, 0.2) is 0 Å². The van der Waals surface area contributed by atoms with Crippen LogP contribution in [-0.4, -0.2) is 6.54 Å². The molecular weight excluding hydrogens is 250 g/mol. The molecule has 0 heterocycles. The summed E-state index contributed by atoms with van der Waals surface area (Å²) in [7, 11) is 0. The molecule has 1 atom stereocenters. The zero-order chi connectivity index (χ0) is 11.3. The van der Waals surface area contributed by atoms with Crippen LogP contribution >= 0.6 is 15.9 Å². The summed E-state index contributed by atoms with van der Waals surface area (Å²) in [5, 5.41) is 3.47. The topological polar surface area (TPSA) is 12.0 Å². The van der Waals surface area contributed by atoms with Crippen LogP contribution < -0.4 is 5.32 Å². The van der Waals surface area contributed by atoms with Crippen molar-refractivity contribution in [3.63, 3.8) is 0 Å². The van der Waals surface area contributed by atoms with E-state index in [1.807, 2.05) is 6.08 Å². The summed E-state index contributed by atoms with van der Waals surface area (Å²) in [5.74, 6) is 0. The van der Waals surface area contributed by atoms with Crippen LogP contribution in [0.3, 0.4) is 0 Å². The zero-order valence-corrected chi connectivity index (χ0v) is 11.0. The molecule has 0 amide bonds. The van der Waals surface area contributed by atoms with Gasteiger partial charge in [0.05, 0.1) is 0 Å².